The van der Waals surface area contributed by atoms with E-state index in [0.29, 0.717) is 5.92 Å². The molecule has 2 aromatic rings. The molecular weight excluding hydrogens is 288 g/mol. The number of hydrogen-bond acceptors (Lipinski definition) is 3. The Kier molecular flexibility index (Phi) is 4.35. The lowest BCUT2D eigenvalue weighted by molar-refractivity contribution is 0.0777. The number of aromatic nitrogens is 1. The molecule has 0 aliphatic carbocycles. The second kappa shape index (κ2) is 6.28. The fourth-order valence-electron chi connectivity index (χ4n) is 3.39. The molecule has 1 aliphatic rings. The maximum atomic E-state index is 13.0. The van der Waals surface area contributed by atoms with Gasteiger partial charge in [-0.25, -0.2) is 0 Å². The van der Waals surface area contributed by atoms with Gasteiger partial charge in [-0.05, 0) is 44.4 Å². The van der Waals surface area contributed by atoms with Gasteiger partial charge < -0.3 is 9.64 Å². The molecule has 0 bridgehead atoms. The van der Waals surface area contributed by atoms with Crippen LogP contribution in [0.3, 0.4) is 0 Å². The van der Waals surface area contributed by atoms with Gasteiger partial charge in [-0.3, -0.25) is 9.78 Å². The molecule has 3 rings (SSSR count). The van der Waals surface area contributed by atoms with Gasteiger partial charge in [-0.1, -0.05) is 12.1 Å². The number of methoxy groups -OCH3 is 1. The summed E-state index contributed by atoms with van der Waals surface area (Å²) in [6.45, 7) is 8.41. The van der Waals surface area contributed by atoms with Crippen molar-refractivity contribution in [1.82, 2.24) is 9.88 Å². The Hall–Kier alpha value is -1.94. The molecule has 1 aliphatic heterocycles. The monoisotopic (exact) mass is 312 g/mol. The molecule has 1 fully saturated rings. The van der Waals surface area contributed by atoms with Gasteiger partial charge in [0, 0.05) is 37.2 Å². The summed E-state index contributed by atoms with van der Waals surface area (Å²) in [5.74, 6) is 0.560. The Labute approximate surface area is 137 Å². The summed E-state index contributed by atoms with van der Waals surface area (Å²) in [7, 11) is 1.72. The first-order chi connectivity index (χ1) is 11.0. The van der Waals surface area contributed by atoms with Crippen molar-refractivity contribution in [3.8, 4) is 0 Å². The van der Waals surface area contributed by atoms with Crippen LogP contribution in [0.25, 0.3) is 10.9 Å². The van der Waals surface area contributed by atoms with Gasteiger partial charge in [0.2, 0.25) is 0 Å². The van der Waals surface area contributed by atoms with Gasteiger partial charge in [0.05, 0.1) is 17.7 Å². The molecule has 1 atom stereocenters. The second-order valence-corrected chi connectivity index (χ2v) is 6.58. The number of amides is 1. The van der Waals surface area contributed by atoms with Crippen molar-refractivity contribution < 1.29 is 9.53 Å². The highest BCUT2D eigenvalue weighted by Crippen LogP contribution is 2.27. The number of pyridine rings is 1. The minimum atomic E-state index is 0.113. The van der Waals surface area contributed by atoms with Gasteiger partial charge in [0.25, 0.3) is 5.91 Å². The topological polar surface area (TPSA) is 42.4 Å². The number of ether oxygens (including phenoxy) is 1. The normalized spacial score (nSPS) is 17.9. The first kappa shape index (κ1) is 15.9. The first-order valence-electron chi connectivity index (χ1n) is 8.17. The molecule has 0 spiro atoms. The van der Waals surface area contributed by atoms with Gasteiger partial charge in [-0.15, -0.1) is 0 Å². The number of aryl methyl sites for hydroxylation is 3. The van der Waals surface area contributed by atoms with E-state index in [1.165, 1.54) is 5.56 Å². The second-order valence-electron chi connectivity index (χ2n) is 6.58. The molecule has 1 saturated heterocycles. The van der Waals surface area contributed by atoms with Crippen molar-refractivity contribution >= 4 is 16.8 Å². The Morgan fingerprint density at radius 1 is 1.35 bits per heavy atom. The molecule has 0 saturated carbocycles. The van der Waals surface area contributed by atoms with Crippen molar-refractivity contribution in [1.29, 1.82) is 0 Å². The smallest absolute Gasteiger partial charge is 0.254 e. The van der Waals surface area contributed by atoms with Crippen molar-refractivity contribution in [2.75, 3.05) is 26.8 Å². The van der Waals surface area contributed by atoms with Crippen molar-refractivity contribution in [3.05, 3.63) is 40.6 Å². The summed E-state index contributed by atoms with van der Waals surface area (Å²) in [5.41, 5.74) is 4.96. The largest absolute Gasteiger partial charge is 0.384 e. The van der Waals surface area contributed by atoms with Gasteiger partial charge in [0.15, 0.2) is 0 Å². The van der Waals surface area contributed by atoms with Crippen LogP contribution in [0.1, 0.15) is 33.6 Å². The molecule has 0 radical (unpaired) electrons. The molecule has 1 amide bonds. The maximum Gasteiger partial charge on any atom is 0.254 e. The Balaban J connectivity index is 2.00. The molecule has 122 valence electrons. The number of rotatable bonds is 3. The summed E-state index contributed by atoms with van der Waals surface area (Å²) in [6, 6.07) is 6.02. The molecule has 1 aromatic heterocycles. The van der Waals surface area contributed by atoms with E-state index in [-0.39, 0.29) is 5.91 Å². The van der Waals surface area contributed by atoms with Crippen LogP contribution in [-0.2, 0) is 4.74 Å². The van der Waals surface area contributed by atoms with E-state index in [9.17, 15) is 4.79 Å². The SMILES string of the molecule is COCC1CCN(C(=O)c2cc(C)nc3c(C)c(C)ccc23)C1. The van der Waals surface area contributed by atoms with Crippen molar-refractivity contribution in [3.63, 3.8) is 0 Å². The van der Waals surface area contributed by atoms with Crippen LogP contribution in [-0.4, -0.2) is 42.6 Å². The Morgan fingerprint density at radius 2 is 2.13 bits per heavy atom. The van der Waals surface area contributed by atoms with E-state index in [1.807, 2.05) is 24.0 Å². The zero-order valence-electron chi connectivity index (χ0n) is 14.3. The van der Waals surface area contributed by atoms with Crippen molar-refractivity contribution in [2.24, 2.45) is 5.92 Å². The van der Waals surface area contributed by atoms with Crippen LogP contribution in [0.15, 0.2) is 18.2 Å². The van der Waals surface area contributed by atoms with Crippen LogP contribution in [0.2, 0.25) is 0 Å². The number of nitrogens with zero attached hydrogens (tertiary/aromatic N) is 2. The van der Waals surface area contributed by atoms with E-state index >= 15 is 0 Å². The van der Waals surface area contributed by atoms with Crippen LogP contribution >= 0.6 is 0 Å². The average molecular weight is 312 g/mol. The van der Waals surface area contributed by atoms with Crippen LogP contribution in [0.5, 0.6) is 0 Å². The molecular formula is C19H24N2O2. The minimum absolute atomic E-state index is 0.113. The van der Waals surface area contributed by atoms with Gasteiger partial charge in [-0.2, -0.15) is 0 Å². The Morgan fingerprint density at radius 3 is 2.87 bits per heavy atom. The third-order valence-electron chi connectivity index (χ3n) is 4.84. The molecule has 1 unspecified atom stereocenters. The van der Waals surface area contributed by atoms with Crippen molar-refractivity contribution in [2.45, 2.75) is 27.2 Å². The highest BCUT2D eigenvalue weighted by Gasteiger charge is 2.28. The highest BCUT2D eigenvalue weighted by atomic mass is 16.5. The Bertz CT molecular complexity index is 755. The van der Waals surface area contributed by atoms with Crippen LogP contribution in [0.4, 0.5) is 0 Å². The first-order valence-corrected chi connectivity index (χ1v) is 8.17. The summed E-state index contributed by atoms with van der Waals surface area (Å²) in [4.78, 5) is 19.6. The zero-order valence-corrected chi connectivity index (χ0v) is 14.3. The number of carbonyl (C=O) groups is 1. The number of fused-ring (bicyclic) bond motifs is 1. The fraction of sp³-hybridized carbons (Fsp3) is 0.474. The third-order valence-corrected chi connectivity index (χ3v) is 4.84. The van der Waals surface area contributed by atoms with Gasteiger partial charge >= 0.3 is 0 Å². The molecule has 4 heteroatoms. The lowest BCUT2D eigenvalue weighted by Gasteiger charge is -2.18. The molecule has 0 N–H and O–H groups in total. The van der Waals surface area contributed by atoms with E-state index < -0.39 is 0 Å². The van der Waals surface area contributed by atoms with Crippen LogP contribution in [0, 0.1) is 26.7 Å². The molecule has 23 heavy (non-hydrogen) atoms. The maximum absolute atomic E-state index is 13.0. The van der Waals surface area contributed by atoms with Gasteiger partial charge in [0.1, 0.15) is 0 Å². The predicted octanol–water partition coefficient (Wildman–Crippen LogP) is 3.27. The predicted molar refractivity (Wildman–Crippen MR) is 91.8 cm³/mol. The number of hydrogen-bond donors (Lipinski definition) is 0. The summed E-state index contributed by atoms with van der Waals surface area (Å²) in [5, 5.41) is 0.957. The van der Waals surface area contributed by atoms with E-state index in [2.05, 4.69) is 24.9 Å². The minimum Gasteiger partial charge on any atom is -0.384 e. The summed E-state index contributed by atoms with van der Waals surface area (Å²) >= 11 is 0. The molecule has 1 aromatic carbocycles. The number of likely N-dealkylation sites (tertiary alicyclic amines) is 1. The third kappa shape index (κ3) is 2.95. The lowest BCUT2D eigenvalue weighted by Crippen LogP contribution is -2.29. The van der Waals surface area contributed by atoms with E-state index in [4.69, 9.17) is 4.74 Å². The number of benzene rings is 1. The van der Waals surface area contributed by atoms with E-state index in [0.717, 1.165) is 53.8 Å². The van der Waals surface area contributed by atoms with Crippen LogP contribution < -0.4 is 0 Å². The standard InChI is InChI=1S/C19H24N2O2/c1-12-5-6-16-17(9-13(2)20-18(16)14(12)3)19(22)21-8-7-15(10-21)11-23-4/h5-6,9,15H,7-8,10-11H2,1-4H3. The fourth-order valence-corrected chi connectivity index (χ4v) is 3.39. The quantitative estimate of drug-likeness (QED) is 0.873. The summed E-state index contributed by atoms with van der Waals surface area (Å²) in [6.07, 6.45) is 1.01. The molecule has 4 nitrogen and oxygen atoms in total. The zero-order chi connectivity index (χ0) is 16.6. The average Bonchev–Trinajstić information content (AvgIpc) is 2.99. The number of carbonyl (C=O) groups excluding carboxylic acids is 1. The lowest BCUT2D eigenvalue weighted by atomic mass is 10.0. The van der Waals surface area contributed by atoms with E-state index in [1.54, 1.807) is 7.11 Å². The highest BCUT2D eigenvalue weighted by molar-refractivity contribution is 6.07. The molecule has 2 heterocycles. The summed E-state index contributed by atoms with van der Waals surface area (Å²) < 4.78 is 5.23.